The van der Waals surface area contributed by atoms with Crippen LogP contribution in [0.15, 0.2) is 78.9 Å². The maximum absolute atomic E-state index is 14.0. The maximum atomic E-state index is 14.0. The molecule has 2 saturated heterocycles. The van der Waals surface area contributed by atoms with Crippen molar-refractivity contribution in [3.05, 3.63) is 106 Å². The van der Waals surface area contributed by atoms with Gasteiger partial charge in [0.2, 0.25) is 11.8 Å². The number of amides is 2. The number of hydrogen-bond donors (Lipinski definition) is 0. The van der Waals surface area contributed by atoms with Gasteiger partial charge in [0.05, 0.1) is 28.5 Å². The number of nitrogens with zero attached hydrogens (tertiary/aromatic N) is 3. The lowest BCUT2D eigenvalue weighted by Gasteiger charge is -2.36. The van der Waals surface area contributed by atoms with Gasteiger partial charge in [-0.1, -0.05) is 66.7 Å². The molecule has 0 saturated carbocycles. The van der Waals surface area contributed by atoms with Gasteiger partial charge in [0.15, 0.2) is 5.78 Å². The molecule has 3 aliphatic rings. The number of aryl methyl sites for hydroxylation is 1. The Bertz CT molecular complexity index is 1480. The number of nitro benzene ring substituents is 1. The van der Waals surface area contributed by atoms with Crippen LogP contribution in [0.3, 0.4) is 0 Å². The normalized spacial score (nSPS) is 23.9. The van der Waals surface area contributed by atoms with Crippen molar-refractivity contribution in [3.63, 3.8) is 0 Å². The summed E-state index contributed by atoms with van der Waals surface area (Å²) in [5, 5.41) is 11.4. The molecule has 4 atom stereocenters. The van der Waals surface area contributed by atoms with Gasteiger partial charge in [-0.15, -0.1) is 0 Å². The third kappa shape index (κ3) is 3.04. The maximum Gasteiger partial charge on any atom is 0.271 e. The average Bonchev–Trinajstić information content (AvgIpc) is 3.37. The molecule has 0 aliphatic carbocycles. The Balaban J connectivity index is 1.50. The lowest BCUT2D eigenvalue weighted by Crippen LogP contribution is -2.49. The molecule has 2 fully saturated rings. The number of fused-ring (bicyclic) bond motifs is 5. The van der Waals surface area contributed by atoms with E-state index in [1.807, 2.05) is 47.4 Å². The largest absolute Gasteiger partial charge is 0.352 e. The molecular weight excluding hydrogens is 458 g/mol. The standard InChI is InChI=1S/C28H21N3O5/c1-16-11-13-19(31(35)36)15-22(16)30-27(33)23-21-14-12-17-7-5-6-10-20(17)29(21)25(24(23)28(30)34)26(32)18-8-3-2-4-9-18/h2-15,21,23-25H,1H3/t21-,23-,24-,25+/m1/s1. The van der Waals surface area contributed by atoms with Crippen molar-refractivity contribution in [2.24, 2.45) is 11.8 Å². The van der Waals surface area contributed by atoms with E-state index < -0.39 is 40.7 Å². The molecule has 3 aromatic rings. The van der Waals surface area contributed by atoms with E-state index in [0.717, 1.165) is 16.2 Å². The minimum atomic E-state index is -0.926. The average molecular weight is 479 g/mol. The van der Waals surface area contributed by atoms with Crippen molar-refractivity contribution in [3.8, 4) is 0 Å². The molecule has 2 amide bonds. The van der Waals surface area contributed by atoms with E-state index in [9.17, 15) is 24.5 Å². The van der Waals surface area contributed by atoms with E-state index in [-0.39, 0.29) is 17.2 Å². The van der Waals surface area contributed by atoms with E-state index in [1.54, 1.807) is 31.2 Å². The predicted octanol–water partition coefficient (Wildman–Crippen LogP) is 4.18. The number of hydrogen-bond acceptors (Lipinski definition) is 6. The zero-order valence-electron chi connectivity index (χ0n) is 19.3. The Kier molecular flexibility index (Phi) is 4.86. The fourth-order valence-electron chi connectivity index (χ4n) is 5.78. The number of benzene rings is 3. The number of imide groups is 1. The van der Waals surface area contributed by atoms with Crippen molar-refractivity contribution in [2.75, 3.05) is 9.80 Å². The Morgan fingerprint density at radius 3 is 2.33 bits per heavy atom. The topological polar surface area (TPSA) is 101 Å². The number of carbonyl (C=O) groups is 3. The predicted molar refractivity (Wildman–Crippen MR) is 134 cm³/mol. The first-order valence-electron chi connectivity index (χ1n) is 11.7. The van der Waals surface area contributed by atoms with Crippen LogP contribution in [0.5, 0.6) is 0 Å². The molecule has 0 aromatic heterocycles. The molecule has 0 unspecified atom stereocenters. The van der Waals surface area contributed by atoms with Gasteiger partial charge in [-0.3, -0.25) is 24.5 Å². The second-order valence-electron chi connectivity index (χ2n) is 9.28. The molecule has 178 valence electrons. The van der Waals surface area contributed by atoms with Crippen LogP contribution in [-0.4, -0.2) is 34.6 Å². The monoisotopic (exact) mass is 479 g/mol. The van der Waals surface area contributed by atoms with Gasteiger partial charge in [0, 0.05) is 23.4 Å². The summed E-state index contributed by atoms with van der Waals surface area (Å²) in [6, 6.07) is 19.1. The van der Waals surface area contributed by atoms with Gasteiger partial charge in [0.25, 0.3) is 5.69 Å². The van der Waals surface area contributed by atoms with Gasteiger partial charge >= 0.3 is 0 Å². The zero-order chi connectivity index (χ0) is 25.1. The highest BCUT2D eigenvalue weighted by molar-refractivity contribution is 6.26. The molecule has 0 radical (unpaired) electrons. The van der Waals surface area contributed by atoms with Gasteiger partial charge < -0.3 is 4.90 Å². The number of anilines is 2. The zero-order valence-corrected chi connectivity index (χ0v) is 19.3. The first-order chi connectivity index (χ1) is 17.4. The second-order valence-corrected chi connectivity index (χ2v) is 9.28. The minimum Gasteiger partial charge on any atom is -0.352 e. The van der Waals surface area contributed by atoms with E-state index in [0.29, 0.717) is 11.1 Å². The van der Waals surface area contributed by atoms with Crippen molar-refractivity contribution in [1.82, 2.24) is 0 Å². The molecule has 0 spiro atoms. The molecule has 3 aromatic carbocycles. The summed E-state index contributed by atoms with van der Waals surface area (Å²) in [7, 11) is 0. The second kappa shape index (κ2) is 7.98. The van der Waals surface area contributed by atoms with Crippen molar-refractivity contribution in [1.29, 1.82) is 0 Å². The Hall–Kier alpha value is -4.59. The van der Waals surface area contributed by atoms with Crippen LogP contribution >= 0.6 is 0 Å². The molecule has 3 heterocycles. The van der Waals surface area contributed by atoms with E-state index >= 15 is 0 Å². The van der Waals surface area contributed by atoms with Crippen LogP contribution in [-0.2, 0) is 9.59 Å². The summed E-state index contributed by atoms with van der Waals surface area (Å²) < 4.78 is 0. The Labute approximate surface area is 206 Å². The summed E-state index contributed by atoms with van der Waals surface area (Å²) in [6.07, 6.45) is 3.80. The van der Waals surface area contributed by atoms with Crippen LogP contribution in [0, 0.1) is 28.9 Å². The molecule has 6 rings (SSSR count). The molecule has 0 bridgehead atoms. The summed E-state index contributed by atoms with van der Waals surface area (Å²) in [6.45, 7) is 1.70. The number of ketones is 1. The van der Waals surface area contributed by atoms with Gasteiger partial charge in [0.1, 0.15) is 6.04 Å². The lowest BCUT2D eigenvalue weighted by atomic mass is 9.86. The summed E-state index contributed by atoms with van der Waals surface area (Å²) >= 11 is 0. The number of non-ortho nitro benzene ring substituents is 1. The van der Waals surface area contributed by atoms with Crippen molar-refractivity contribution in [2.45, 2.75) is 19.0 Å². The number of Topliss-reactive ketones (excluding diaryl/α,β-unsaturated/α-hetero) is 1. The van der Waals surface area contributed by atoms with Gasteiger partial charge in [-0.05, 0) is 24.1 Å². The van der Waals surface area contributed by atoms with Crippen LogP contribution in [0.4, 0.5) is 17.1 Å². The fraction of sp³-hybridized carbons (Fsp3) is 0.179. The fourth-order valence-corrected chi connectivity index (χ4v) is 5.78. The van der Waals surface area contributed by atoms with Gasteiger partial charge in [-0.2, -0.15) is 0 Å². The molecule has 0 N–H and O–H groups in total. The quantitative estimate of drug-likeness (QED) is 0.241. The number of para-hydroxylation sites is 1. The summed E-state index contributed by atoms with van der Waals surface area (Å²) in [5.41, 5.74) is 2.71. The Morgan fingerprint density at radius 2 is 1.58 bits per heavy atom. The SMILES string of the molecule is Cc1ccc([N+](=O)[O-])cc1N1C(=O)[C@@H]2[C@H](C1=O)[C@H]1C=Cc3ccccc3N1[C@@H]2C(=O)c1ccccc1. The lowest BCUT2D eigenvalue weighted by molar-refractivity contribution is -0.384. The third-order valence-corrected chi connectivity index (χ3v) is 7.39. The summed E-state index contributed by atoms with van der Waals surface area (Å²) in [4.78, 5) is 55.6. The van der Waals surface area contributed by atoms with E-state index in [2.05, 4.69) is 0 Å². The van der Waals surface area contributed by atoms with Crippen molar-refractivity contribution >= 4 is 40.7 Å². The number of nitro groups is 1. The molecule has 36 heavy (non-hydrogen) atoms. The van der Waals surface area contributed by atoms with Crippen LogP contribution in [0.1, 0.15) is 21.5 Å². The third-order valence-electron chi connectivity index (χ3n) is 7.39. The first kappa shape index (κ1) is 21.9. The van der Waals surface area contributed by atoms with Crippen LogP contribution in [0.2, 0.25) is 0 Å². The smallest absolute Gasteiger partial charge is 0.271 e. The summed E-state index contributed by atoms with van der Waals surface area (Å²) in [5.74, 6) is -2.92. The molecule has 8 nitrogen and oxygen atoms in total. The van der Waals surface area contributed by atoms with Crippen molar-refractivity contribution < 1.29 is 19.3 Å². The number of rotatable bonds is 4. The van der Waals surface area contributed by atoms with Crippen LogP contribution < -0.4 is 9.80 Å². The first-order valence-corrected chi connectivity index (χ1v) is 11.7. The molecule has 3 aliphatic heterocycles. The van der Waals surface area contributed by atoms with Gasteiger partial charge in [-0.25, -0.2) is 4.90 Å². The molecule has 8 heteroatoms. The molecular formula is C28H21N3O5. The van der Waals surface area contributed by atoms with E-state index in [4.69, 9.17) is 0 Å². The highest BCUT2D eigenvalue weighted by Gasteiger charge is 2.64. The van der Waals surface area contributed by atoms with Crippen LogP contribution in [0.25, 0.3) is 6.08 Å². The highest BCUT2D eigenvalue weighted by atomic mass is 16.6. The number of carbonyl (C=O) groups excluding carboxylic acids is 3. The Morgan fingerprint density at radius 1 is 0.889 bits per heavy atom. The van der Waals surface area contributed by atoms with E-state index in [1.165, 1.54) is 18.2 Å². The minimum absolute atomic E-state index is 0.186. The highest BCUT2D eigenvalue weighted by Crippen LogP contribution is 2.50.